The fourth-order valence-corrected chi connectivity index (χ4v) is 4.11. The zero-order valence-electron chi connectivity index (χ0n) is 18.2. The second-order valence-electron chi connectivity index (χ2n) is 8.08. The average molecular weight is 431 g/mol. The maximum Gasteiger partial charge on any atom is 0.259 e. The van der Waals surface area contributed by atoms with Crippen LogP contribution in [0, 0.1) is 6.92 Å². The Bertz CT molecular complexity index is 1240. The molecule has 8 nitrogen and oxygen atoms in total. The van der Waals surface area contributed by atoms with Crippen LogP contribution in [0.4, 0.5) is 5.69 Å². The molecule has 0 bridgehead atoms. The van der Waals surface area contributed by atoms with Gasteiger partial charge in [-0.1, -0.05) is 23.4 Å². The lowest BCUT2D eigenvalue weighted by Crippen LogP contribution is -2.45. The Balaban J connectivity index is 1.41. The third-order valence-corrected chi connectivity index (χ3v) is 5.91. The molecule has 1 amide bonds. The number of likely N-dealkylation sites (N-methyl/N-ethyl adjacent to an activating group) is 1. The van der Waals surface area contributed by atoms with Crippen LogP contribution < -0.4 is 10.2 Å². The number of aromatic nitrogens is 2. The summed E-state index contributed by atoms with van der Waals surface area (Å²) in [5.41, 5.74) is 4.20. The number of piperazine rings is 1. The molecule has 3 aromatic heterocycles. The van der Waals surface area contributed by atoms with Crippen LogP contribution in [0.5, 0.6) is 0 Å². The molecule has 1 aromatic carbocycles. The van der Waals surface area contributed by atoms with E-state index in [1.165, 1.54) is 5.69 Å². The minimum absolute atomic E-state index is 0.204. The molecule has 0 aliphatic carbocycles. The first-order valence-corrected chi connectivity index (χ1v) is 10.7. The third-order valence-electron chi connectivity index (χ3n) is 5.91. The number of furan rings is 1. The largest absolute Gasteiger partial charge is 0.463 e. The number of para-hydroxylation sites is 1. The van der Waals surface area contributed by atoms with Crippen LogP contribution >= 0.6 is 0 Å². The molecule has 1 saturated heterocycles. The van der Waals surface area contributed by atoms with Crippen molar-refractivity contribution in [2.45, 2.75) is 13.5 Å². The van der Waals surface area contributed by atoms with E-state index in [-0.39, 0.29) is 5.91 Å². The van der Waals surface area contributed by atoms with Crippen molar-refractivity contribution in [2.24, 2.45) is 0 Å². The van der Waals surface area contributed by atoms with Gasteiger partial charge in [-0.2, -0.15) is 0 Å². The number of pyridine rings is 1. The topological polar surface area (TPSA) is 87.6 Å². The molecule has 5 rings (SSSR count). The minimum atomic E-state index is -0.204. The van der Waals surface area contributed by atoms with Crippen molar-refractivity contribution in [3.05, 3.63) is 65.5 Å². The smallest absolute Gasteiger partial charge is 0.259 e. The molecule has 4 aromatic rings. The van der Waals surface area contributed by atoms with Gasteiger partial charge in [0.25, 0.3) is 11.6 Å². The normalized spacial score (nSPS) is 14.8. The van der Waals surface area contributed by atoms with Crippen molar-refractivity contribution in [1.29, 1.82) is 0 Å². The number of anilines is 1. The fourth-order valence-electron chi connectivity index (χ4n) is 4.11. The molecule has 0 unspecified atom stereocenters. The van der Waals surface area contributed by atoms with Crippen LogP contribution in [0.15, 0.2) is 57.7 Å². The predicted octanol–water partition coefficient (Wildman–Crippen LogP) is 3.47. The average Bonchev–Trinajstić information content (AvgIpc) is 3.48. The van der Waals surface area contributed by atoms with Crippen LogP contribution in [0.3, 0.4) is 0 Å². The van der Waals surface area contributed by atoms with Crippen molar-refractivity contribution in [1.82, 2.24) is 20.4 Å². The van der Waals surface area contributed by atoms with Gasteiger partial charge in [0.2, 0.25) is 0 Å². The maximum absolute atomic E-state index is 13.3. The first kappa shape index (κ1) is 20.3. The second kappa shape index (κ2) is 8.47. The van der Waals surface area contributed by atoms with Gasteiger partial charge in [0.05, 0.1) is 22.9 Å². The SMILES string of the molecule is Cc1noc2nc(-c3ccco3)cc(C(=O)NCc3ccccc3N3CCN(C)CC3)c12. The monoisotopic (exact) mass is 431 g/mol. The molecule has 1 aliphatic rings. The minimum Gasteiger partial charge on any atom is -0.463 e. The molecular weight excluding hydrogens is 406 g/mol. The molecule has 32 heavy (non-hydrogen) atoms. The van der Waals surface area contributed by atoms with Gasteiger partial charge in [-0.15, -0.1) is 0 Å². The van der Waals surface area contributed by atoms with Crippen LogP contribution in [-0.2, 0) is 6.54 Å². The highest BCUT2D eigenvalue weighted by Crippen LogP contribution is 2.28. The number of fused-ring (bicyclic) bond motifs is 1. The summed E-state index contributed by atoms with van der Waals surface area (Å²) in [6, 6.07) is 13.5. The van der Waals surface area contributed by atoms with E-state index in [1.807, 2.05) is 12.1 Å². The Morgan fingerprint density at radius 1 is 1.12 bits per heavy atom. The Morgan fingerprint density at radius 2 is 1.94 bits per heavy atom. The molecule has 164 valence electrons. The molecule has 0 saturated carbocycles. The van der Waals surface area contributed by atoms with Gasteiger partial charge in [-0.3, -0.25) is 4.79 Å². The van der Waals surface area contributed by atoms with E-state index in [4.69, 9.17) is 8.94 Å². The third kappa shape index (κ3) is 3.85. The maximum atomic E-state index is 13.3. The van der Waals surface area contributed by atoms with Gasteiger partial charge >= 0.3 is 0 Å². The van der Waals surface area contributed by atoms with Crippen LogP contribution in [-0.4, -0.2) is 54.2 Å². The van der Waals surface area contributed by atoms with E-state index in [1.54, 1.807) is 31.4 Å². The number of carbonyl (C=O) groups is 1. The number of nitrogens with one attached hydrogen (secondary N) is 1. The van der Waals surface area contributed by atoms with E-state index in [0.717, 1.165) is 31.7 Å². The molecule has 0 atom stereocenters. The summed E-state index contributed by atoms with van der Waals surface area (Å²) in [6.07, 6.45) is 1.57. The molecule has 0 spiro atoms. The van der Waals surface area contributed by atoms with Crippen molar-refractivity contribution >= 4 is 22.7 Å². The molecule has 1 N–H and O–H groups in total. The molecule has 1 aliphatic heterocycles. The highest BCUT2D eigenvalue weighted by Gasteiger charge is 2.21. The lowest BCUT2D eigenvalue weighted by molar-refractivity contribution is 0.0952. The molecule has 0 radical (unpaired) electrons. The summed E-state index contributed by atoms with van der Waals surface area (Å²) >= 11 is 0. The second-order valence-corrected chi connectivity index (χ2v) is 8.08. The van der Waals surface area contributed by atoms with Gasteiger partial charge in [0, 0.05) is 38.4 Å². The standard InChI is InChI=1S/C24H25N5O3/c1-16-22-18(14-19(21-8-5-13-31-21)26-24(22)32-27-16)23(30)25-15-17-6-3-4-7-20(17)29-11-9-28(2)10-12-29/h3-8,13-14H,9-12,15H2,1-2H3,(H,25,30). The van der Waals surface area contributed by atoms with E-state index < -0.39 is 0 Å². The molecular formula is C24H25N5O3. The Kier molecular flexibility index (Phi) is 5.36. The number of carbonyl (C=O) groups excluding carboxylic acids is 1. The van der Waals surface area contributed by atoms with Crippen molar-refractivity contribution in [3.8, 4) is 11.5 Å². The summed E-state index contributed by atoms with van der Waals surface area (Å²) in [6.45, 7) is 6.22. The van der Waals surface area contributed by atoms with Crippen molar-refractivity contribution < 1.29 is 13.7 Å². The van der Waals surface area contributed by atoms with Gasteiger partial charge in [-0.25, -0.2) is 4.98 Å². The van der Waals surface area contributed by atoms with Crippen molar-refractivity contribution in [2.75, 3.05) is 38.1 Å². The number of nitrogens with zero attached hydrogens (tertiary/aromatic N) is 4. The quantitative estimate of drug-likeness (QED) is 0.518. The molecule has 4 heterocycles. The molecule has 8 heteroatoms. The van der Waals surface area contributed by atoms with Crippen LogP contribution in [0.2, 0.25) is 0 Å². The number of amides is 1. The number of hydrogen-bond donors (Lipinski definition) is 1. The van der Waals surface area contributed by atoms with E-state index in [0.29, 0.717) is 40.4 Å². The predicted molar refractivity (Wildman–Crippen MR) is 122 cm³/mol. The first-order chi connectivity index (χ1) is 15.6. The summed E-state index contributed by atoms with van der Waals surface area (Å²) in [5, 5.41) is 7.70. The van der Waals surface area contributed by atoms with E-state index in [2.05, 4.69) is 44.4 Å². The number of aryl methyl sites for hydroxylation is 1. The summed E-state index contributed by atoms with van der Waals surface area (Å²) < 4.78 is 10.8. The van der Waals surface area contributed by atoms with E-state index >= 15 is 0 Å². The molecule has 1 fully saturated rings. The Morgan fingerprint density at radius 3 is 2.72 bits per heavy atom. The number of benzene rings is 1. The highest BCUT2D eigenvalue weighted by molar-refractivity contribution is 6.06. The van der Waals surface area contributed by atoms with Gasteiger partial charge < -0.3 is 24.1 Å². The highest BCUT2D eigenvalue weighted by atomic mass is 16.5. The first-order valence-electron chi connectivity index (χ1n) is 10.7. The lowest BCUT2D eigenvalue weighted by atomic mass is 10.1. The Labute approximate surface area is 185 Å². The van der Waals surface area contributed by atoms with Gasteiger partial charge in [0.15, 0.2) is 5.76 Å². The Hall–Kier alpha value is -3.65. The van der Waals surface area contributed by atoms with Crippen molar-refractivity contribution in [3.63, 3.8) is 0 Å². The van der Waals surface area contributed by atoms with Crippen LogP contribution in [0.25, 0.3) is 22.6 Å². The number of rotatable bonds is 5. The zero-order chi connectivity index (χ0) is 22.1. The summed E-state index contributed by atoms with van der Waals surface area (Å²) in [4.78, 5) is 22.5. The van der Waals surface area contributed by atoms with Crippen LogP contribution in [0.1, 0.15) is 21.6 Å². The van der Waals surface area contributed by atoms with E-state index in [9.17, 15) is 4.79 Å². The fraction of sp³-hybridized carbons (Fsp3) is 0.292. The zero-order valence-corrected chi connectivity index (χ0v) is 18.2. The van der Waals surface area contributed by atoms with Gasteiger partial charge in [0.1, 0.15) is 5.69 Å². The number of hydrogen-bond acceptors (Lipinski definition) is 7. The summed E-state index contributed by atoms with van der Waals surface area (Å²) in [7, 11) is 2.14. The van der Waals surface area contributed by atoms with Gasteiger partial charge in [-0.05, 0) is 43.8 Å². The lowest BCUT2D eigenvalue weighted by Gasteiger charge is -2.35. The summed E-state index contributed by atoms with van der Waals surface area (Å²) in [5.74, 6) is 0.361.